The number of hydrogen-bond donors (Lipinski definition) is 0. The van der Waals surface area contributed by atoms with Gasteiger partial charge in [-0.05, 0) is 24.3 Å². The maximum absolute atomic E-state index is 12.2. The maximum atomic E-state index is 12.2. The molecular formula is C6H4BFLi2O3. The largest absolute Gasteiger partial charge is 1.00 e. The quantitative estimate of drug-likeness (QED) is 0.412. The van der Waals surface area contributed by atoms with Gasteiger partial charge in [-0.1, -0.05) is 0 Å². The van der Waals surface area contributed by atoms with Crippen molar-refractivity contribution in [2.45, 2.75) is 0 Å². The van der Waals surface area contributed by atoms with E-state index in [9.17, 15) is 14.4 Å². The van der Waals surface area contributed by atoms with Crippen LogP contribution in [0.5, 0.6) is 5.75 Å². The molecule has 1 rings (SSSR count). The molecule has 7 heteroatoms. The summed E-state index contributed by atoms with van der Waals surface area (Å²) < 4.78 is 16.4. The van der Waals surface area contributed by atoms with Crippen molar-refractivity contribution in [3.63, 3.8) is 0 Å². The molecule has 0 heterocycles. The van der Waals surface area contributed by atoms with E-state index in [1.165, 1.54) is 12.1 Å². The Morgan fingerprint density at radius 3 is 1.92 bits per heavy atom. The first kappa shape index (κ1) is 15.6. The third kappa shape index (κ3) is 6.23. The summed E-state index contributed by atoms with van der Waals surface area (Å²) in [7, 11) is -2.36. The van der Waals surface area contributed by atoms with Crippen LogP contribution in [0.3, 0.4) is 0 Å². The summed E-state index contributed by atoms with van der Waals surface area (Å²) in [6.07, 6.45) is 0. The van der Waals surface area contributed by atoms with Gasteiger partial charge < -0.3 is 14.7 Å². The van der Waals surface area contributed by atoms with E-state index in [2.05, 4.69) is 4.65 Å². The van der Waals surface area contributed by atoms with Crippen molar-refractivity contribution in [3.05, 3.63) is 30.1 Å². The molecule has 0 atom stereocenters. The van der Waals surface area contributed by atoms with Gasteiger partial charge in [0.2, 0.25) is 0 Å². The predicted octanol–water partition coefficient (Wildman–Crippen LogP) is -7.08. The van der Waals surface area contributed by atoms with Crippen LogP contribution in [0.25, 0.3) is 0 Å². The van der Waals surface area contributed by atoms with E-state index in [1.54, 1.807) is 0 Å². The molecule has 0 aliphatic heterocycles. The Balaban J connectivity index is 0. The molecule has 1 aromatic rings. The predicted molar refractivity (Wildman–Crippen MR) is 32.8 cm³/mol. The van der Waals surface area contributed by atoms with E-state index in [0.29, 0.717) is 0 Å². The van der Waals surface area contributed by atoms with Crippen LogP contribution in [0.2, 0.25) is 0 Å². The van der Waals surface area contributed by atoms with E-state index >= 15 is 0 Å². The summed E-state index contributed by atoms with van der Waals surface area (Å²) in [5.41, 5.74) is 0. The van der Waals surface area contributed by atoms with Gasteiger partial charge >= 0.3 is 37.7 Å². The van der Waals surface area contributed by atoms with Gasteiger partial charge in [-0.25, -0.2) is 4.39 Å². The zero-order valence-corrected chi connectivity index (χ0v) is 7.49. The number of hydrogen-bond acceptors (Lipinski definition) is 3. The molecule has 0 radical (unpaired) electrons. The minimum atomic E-state index is -2.36. The van der Waals surface area contributed by atoms with E-state index in [4.69, 9.17) is 0 Å². The second-order valence-corrected chi connectivity index (χ2v) is 1.86. The van der Waals surface area contributed by atoms with Crippen LogP contribution in [-0.2, 0) is 0 Å². The topological polar surface area (TPSA) is 55.3 Å². The summed E-state index contributed by atoms with van der Waals surface area (Å²) in [5.74, 6) is -0.355. The number of halogens is 1. The Hall–Kier alpha value is 0.130. The fourth-order valence-corrected chi connectivity index (χ4v) is 0.624. The van der Waals surface area contributed by atoms with Crippen molar-refractivity contribution in [2.24, 2.45) is 0 Å². The zero-order chi connectivity index (χ0) is 8.27. The monoisotopic (exact) mass is 168 g/mol. The van der Waals surface area contributed by atoms with Gasteiger partial charge in [-0.2, -0.15) is 0 Å². The van der Waals surface area contributed by atoms with Gasteiger partial charge in [0.25, 0.3) is 0 Å². The number of benzene rings is 1. The first-order chi connectivity index (χ1) is 5.18. The Kier molecular flexibility index (Phi) is 9.03. The molecule has 0 aliphatic carbocycles. The second-order valence-electron chi connectivity index (χ2n) is 1.86. The van der Waals surface area contributed by atoms with Crippen LogP contribution in [0.4, 0.5) is 4.39 Å². The molecule has 0 amide bonds. The van der Waals surface area contributed by atoms with Crippen LogP contribution in [0.1, 0.15) is 0 Å². The van der Waals surface area contributed by atoms with E-state index in [1.807, 2.05) is 0 Å². The fourth-order valence-electron chi connectivity index (χ4n) is 0.624. The molecule has 0 N–H and O–H groups in total. The standard InChI is InChI=1S/C6H4BFO3.2Li/c8-5-1-3-6(4-2-5)11-7(9)10;;/h1-4H;;/q-2;2*+1. The Morgan fingerprint density at radius 2 is 1.54 bits per heavy atom. The molecule has 0 bridgehead atoms. The van der Waals surface area contributed by atoms with Gasteiger partial charge in [0.1, 0.15) is 13.1 Å². The second kappa shape index (κ2) is 7.53. The van der Waals surface area contributed by atoms with Crippen molar-refractivity contribution in [3.8, 4) is 5.75 Å². The van der Waals surface area contributed by atoms with E-state index in [-0.39, 0.29) is 43.5 Å². The molecule has 0 aliphatic rings. The summed E-state index contributed by atoms with van der Waals surface area (Å²) in [6.45, 7) is 0. The van der Waals surface area contributed by atoms with E-state index < -0.39 is 13.1 Å². The molecule has 3 nitrogen and oxygen atoms in total. The molecule has 0 saturated heterocycles. The molecular weight excluding hydrogens is 164 g/mol. The van der Waals surface area contributed by atoms with Crippen molar-refractivity contribution in [1.82, 2.24) is 0 Å². The van der Waals surface area contributed by atoms with Gasteiger partial charge in [0.15, 0.2) is 0 Å². The van der Waals surface area contributed by atoms with Gasteiger partial charge in [-0.3, -0.25) is 0 Å². The molecule has 0 fully saturated rings. The Labute approximate surface area is 99.8 Å². The normalized spacial score (nSPS) is 7.92. The third-order valence-electron chi connectivity index (χ3n) is 1.05. The Morgan fingerprint density at radius 1 is 1.08 bits per heavy atom. The first-order valence-electron chi connectivity index (χ1n) is 2.92. The van der Waals surface area contributed by atoms with Gasteiger partial charge in [-0.15, -0.1) is 0 Å². The van der Waals surface area contributed by atoms with Crippen LogP contribution >= 0.6 is 0 Å². The smallest absolute Gasteiger partial charge is 0.860 e. The SMILES string of the molecule is [Li+].[Li+].[O-]B([O-])Oc1ccc(F)cc1. The fraction of sp³-hybridized carbons (Fsp3) is 0. The number of rotatable bonds is 2. The Bertz CT molecular complexity index is 232. The van der Waals surface area contributed by atoms with Crippen molar-refractivity contribution in [1.29, 1.82) is 0 Å². The van der Waals surface area contributed by atoms with Crippen molar-refractivity contribution in [2.75, 3.05) is 0 Å². The average Bonchev–Trinajstić information content (AvgIpc) is 1.93. The zero-order valence-electron chi connectivity index (χ0n) is 7.49. The van der Waals surface area contributed by atoms with E-state index in [0.717, 1.165) is 12.1 Å². The van der Waals surface area contributed by atoms with Crippen LogP contribution in [-0.4, -0.2) is 7.32 Å². The van der Waals surface area contributed by atoms with Gasteiger partial charge in [0, 0.05) is 0 Å². The summed E-state index contributed by atoms with van der Waals surface area (Å²) in [5, 5.41) is 19.8. The molecule has 0 aromatic heterocycles. The van der Waals surface area contributed by atoms with Crippen molar-refractivity contribution >= 4 is 7.32 Å². The summed E-state index contributed by atoms with van der Waals surface area (Å²) >= 11 is 0. The summed E-state index contributed by atoms with van der Waals surface area (Å²) in [6, 6.07) is 4.66. The molecule has 0 unspecified atom stereocenters. The third-order valence-corrected chi connectivity index (χ3v) is 1.05. The average molecular weight is 168 g/mol. The maximum Gasteiger partial charge on any atom is 1.00 e. The molecule has 13 heavy (non-hydrogen) atoms. The van der Waals surface area contributed by atoms with Crippen LogP contribution in [0.15, 0.2) is 24.3 Å². The first-order valence-corrected chi connectivity index (χ1v) is 2.92. The van der Waals surface area contributed by atoms with Crippen molar-refractivity contribution < 1.29 is 56.8 Å². The molecule has 0 spiro atoms. The molecule has 0 saturated carbocycles. The van der Waals surface area contributed by atoms with Gasteiger partial charge in [0.05, 0.1) is 5.75 Å². The minimum absolute atomic E-state index is 0. The molecule has 58 valence electrons. The minimum Gasteiger partial charge on any atom is -0.860 e. The summed E-state index contributed by atoms with van der Waals surface area (Å²) in [4.78, 5) is 0. The molecule has 1 aromatic carbocycles. The van der Waals surface area contributed by atoms with Crippen LogP contribution < -0.4 is 52.4 Å². The van der Waals surface area contributed by atoms with Crippen LogP contribution in [0, 0.1) is 5.82 Å².